The van der Waals surface area contributed by atoms with E-state index < -0.39 is 70.0 Å². The van der Waals surface area contributed by atoms with Gasteiger partial charge in [-0.25, -0.2) is 0 Å². The Morgan fingerprint density at radius 3 is 1.27 bits per heavy atom. The summed E-state index contributed by atoms with van der Waals surface area (Å²) < 4.78 is 119. The molecule has 0 saturated heterocycles. The molecular weight excluding hydrogens is 897 g/mol. The predicted molar refractivity (Wildman–Crippen MR) is 222 cm³/mol. The standard InChI is InChI=1S/C38H32N4O10S2.2O3S/c1-23-3-17-31(33(21-23)53(47,48)49)24-10-14-29(15-11-24)41-37(45)26-4-6-27(7-5-26)38(46)42-30-16-18-32(34(22-30)54(50,51)52)25-8-12-28(13-9-25)40-36(44)20-19-35(43)39-2;2*1-4(2)3/h3-22H,1-2H3,(H,39,43)(H,40,44)(H,41,45)(H,42,46)(H,47,48,49)(H,50,51,52);;/b20-19+;;. The average Bonchev–Trinajstić information content (AvgIpc) is 3.19. The Morgan fingerprint density at radius 1 is 0.500 bits per heavy atom. The third-order valence-electron chi connectivity index (χ3n) is 7.89. The van der Waals surface area contributed by atoms with Gasteiger partial charge in [0, 0.05) is 58.5 Å². The zero-order valence-corrected chi connectivity index (χ0v) is 35.1. The highest BCUT2D eigenvalue weighted by atomic mass is 32.2. The lowest BCUT2D eigenvalue weighted by molar-refractivity contribution is -0.117. The summed E-state index contributed by atoms with van der Waals surface area (Å²) in [5.41, 5.74) is 3.12. The van der Waals surface area contributed by atoms with Crippen LogP contribution < -0.4 is 21.3 Å². The van der Waals surface area contributed by atoms with Crippen molar-refractivity contribution in [3.8, 4) is 22.3 Å². The van der Waals surface area contributed by atoms with Crippen LogP contribution in [0.25, 0.3) is 22.3 Å². The highest BCUT2D eigenvalue weighted by molar-refractivity contribution is 7.86. The third kappa shape index (κ3) is 15.4. The van der Waals surface area contributed by atoms with Gasteiger partial charge in [-0.05, 0) is 90.3 Å². The first-order chi connectivity index (χ1) is 29.0. The fourth-order valence-electron chi connectivity index (χ4n) is 5.20. The predicted octanol–water partition coefficient (Wildman–Crippen LogP) is 3.56. The molecule has 0 spiro atoms. The molecule has 0 heterocycles. The molecule has 0 aromatic heterocycles. The number of aryl methyl sites for hydroxylation is 1. The van der Waals surface area contributed by atoms with Crippen LogP contribution in [0, 0.1) is 6.92 Å². The minimum Gasteiger partial charge on any atom is -0.356 e. The summed E-state index contributed by atoms with van der Waals surface area (Å²) in [6, 6.07) is 26.6. The SMILES string of the molecule is CNC(=O)/C=C/C(=O)Nc1ccc(-c2ccc(NC(=O)c3ccc(C(=O)Nc4ccc(-c5ccc(C)cc5S(=O)(=O)O)cc4)cc3)cc2S(=O)(=O)O)cc1.O=S(=O)=O.O=S(=O)=O. The fourth-order valence-corrected chi connectivity index (χ4v) is 6.74. The summed E-state index contributed by atoms with van der Waals surface area (Å²) >= 11 is 0. The fraction of sp³-hybridized carbons (Fsp3) is 0.0526. The second-order valence-electron chi connectivity index (χ2n) is 12.1. The maximum absolute atomic E-state index is 13.0. The van der Waals surface area contributed by atoms with Crippen LogP contribution in [0.1, 0.15) is 26.3 Å². The van der Waals surface area contributed by atoms with Gasteiger partial charge in [0.1, 0.15) is 9.79 Å². The molecule has 0 fully saturated rings. The van der Waals surface area contributed by atoms with Gasteiger partial charge in [-0.1, -0.05) is 42.5 Å². The topological polar surface area (TPSA) is 328 Å². The molecule has 0 unspecified atom stereocenters. The first kappa shape index (κ1) is 49.1. The lowest BCUT2D eigenvalue weighted by Gasteiger charge is -2.12. The van der Waals surface area contributed by atoms with E-state index in [1.54, 1.807) is 43.3 Å². The van der Waals surface area contributed by atoms with Crippen LogP contribution in [-0.4, -0.2) is 81.9 Å². The Morgan fingerprint density at radius 2 is 0.855 bits per heavy atom. The lowest BCUT2D eigenvalue weighted by Crippen LogP contribution is -2.16. The van der Waals surface area contributed by atoms with Gasteiger partial charge in [-0.15, -0.1) is 25.3 Å². The summed E-state index contributed by atoms with van der Waals surface area (Å²) in [5, 5.41) is 10.2. The molecular formula is C38H32N4O16S4. The number of hydrogen-bond donors (Lipinski definition) is 6. The van der Waals surface area contributed by atoms with Gasteiger partial charge in [0.2, 0.25) is 11.8 Å². The number of benzene rings is 5. The van der Waals surface area contributed by atoms with E-state index in [0.717, 1.165) is 18.2 Å². The number of carbonyl (C=O) groups excluding carboxylic acids is 4. The van der Waals surface area contributed by atoms with Crippen molar-refractivity contribution in [3.63, 3.8) is 0 Å². The van der Waals surface area contributed by atoms with E-state index >= 15 is 0 Å². The Labute approximate surface area is 356 Å². The van der Waals surface area contributed by atoms with E-state index in [1.807, 2.05) is 0 Å². The second-order valence-corrected chi connectivity index (χ2v) is 15.7. The number of hydrogen-bond acceptors (Lipinski definition) is 14. The molecule has 6 N–H and O–H groups in total. The Kier molecular flexibility index (Phi) is 17.3. The summed E-state index contributed by atoms with van der Waals surface area (Å²) in [6.45, 7) is 1.70. The third-order valence-corrected chi connectivity index (χ3v) is 9.68. The van der Waals surface area contributed by atoms with Crippen LogP contribution in [0.2, 0.25) is 0 Å². The number of likely N-dealkylation sites (N-methyl/N-ethyl adjacent to an activating group) is 1. The Hall–Kier alpha value is -7.22. The number of carbonyl (C=O) groups is 4. The van der Waals surface area contributed by atoms with E-state index in [4.69, 9.17) is 25.3 Å². The first-order valence-corrected chi connectivity index (χ1v) is 21.7. The highest BCUT2D eigenvalue weighted by Crippen LogP contribution is 2.32. The van der Waals surface area contributed by atoms with Crippen molar-refractivity contribution in [1.82, 2.24) is 5.32 Å². The Balaban J connectivity index is 0.00000118. The summed E-state index contributed by atoms with van der Waals surface area (Å²) in [4.78, 5) is 48.6. The number of rotatable bonds is 11. The number of nitrogens with one attached hydrogen (secondary N) is 4. The van der Waals surface area contributed by atoms with E-state index in [0.29, 0.717) is 33.6 Å². The van der Waals surface area contributed by atoms with Crippen molar-refractivity contribution in [2.45, 2.75) is 16.7 Å². The maximum Gasteiger partial charge on any atom is 0.425 e. The van der Waals surface area contributed by atoms with Crippen molar-refractivity contribution < 1.29 is 70.4 Å². The molecule has 0 atom stereocenters. The summed E-state index contributed by atoms with van der Waals surface area (Å²) in [5.74, 6) is -2.14. The minimum absolute atomic E-state index is 0.0581. The van der Waals surface area contributed by atoms with Gasteiger partial charge in [-0.3, -0.25) is 28.3 Å². The van der Waals surface area contributed by atoms with Crippen molar-refractivity contribution >= 4 is 82.1 Å². The van der Waals surface area contributed by atoms with Gasteiger partial charge >= 0.3 is 21.2 Å². The average molecular weight is 929 g/mol. The molecule has 24 heteroatoms. The molecule has 5 rings (SSSR count). The van der Waals surface area contributed by atoms with E-state index in [-0.39, 0.29) is 27.3 Å². The van der Waals surface area contributed by atoms with Crippen molar-refractivity contribution in [2.75, 3.05) is 23.0 Å². The monoisotopic (exact) mass is 928 g/mol. The molecule has 20 nitrogen and oxygen atoms in total. The first-order valence-electron chi connectivity index (χ1n) is 16.9. The largest absolute Gasteiger partial charge is 0.425 e. The zero-order chi connectivity index (χ0) is 46.4. The van der Waals surface area contributed by atoms with Gasteiger partial charge in [0.05, 0.1) is 0 Å². The smallest absolute Gasteiger partial charge is 0.356 e. The van der Waals surface area contributed by atoms with E-state index in [1.165, 1.54) is 73.8 Å². The molecule has 0 bridgehead atoms. The van der Waals surface area contributed by atoms with Crippen LogP contribution in [0.4, 0.5) is 17.1 Å². The van der Waals surface area contributed by atoms with Crippen molar-refractivity contribution in [2.24, 2.45) is 0 Å². The van der Waals surface area contributed by atoms with Gasteiger partial charge < -0.3 is 21.3 Å². The second kappa shape index (κ2) is 21.9. The summed E-state index contributed by atoms with van der Waals surface area (Å²) in [7, 11) is -14.0. The molecule has 5 aromatic rings. The molecule has 0 aliphatic carbocycles. The molecule has 0 saturated carbocycles. The highest BCUT2D eigenvalue weighted by Gasteiger charge is 2.20. The minimum atomic E-state index is -4.77. The van der Waals surface area contributed by atoms with Gasteiger partial charge in [0.15, 0.2) is 0 Å². The molecule has 4 amide bonds. The molecule has 0 aliphatic heterocycles. The summed E-state index contributed by atoms with van der Waals surface area (Å²) in [6.07, 6.45) is 2.11. The van der Waals surface area contributed by atoms with Crippen LogP contribution in [-0.2, 0) is 51.0 Å². The van der Waals surface area contributed by atoms with Crippen LogP contribution >= 0.6 is 0 Å². The van der Waals surface area contributed by atoms with Gasteiger partial charge in [0.25, 0.3) is 32.1 Å². The maximum atomic E-state index is 13.0. The zero-order valence-electron chi connectivity index (χ0n) is 31.8. The van der Waals surface area contributed by atoms with E-state index in [2.05, 4.69) is 21.3 Å². The molecule has 62 heavy (non-hydrogen) atoms. The lowest BCUT2D eigenvalue weighted by atomic mass is 10.0. The Bertz CT molecular complexity index is 2960. The normalized spacial score (nSPS) is 10.8. The van der Waals surface area contributed by atoms with E-state index in [9.17, 15) is 45.1 Å². The number of anilines is 3. The van der Waals surface area contributed by atoms with Crippen LogP contribution in [0.5, 0.6) is 0 Å². The van der Waals surface area contributed by atoms with Gasteiger partial charge in [-0.2, -0.15) is 16.8 Å². The quantitative estimate of drug-likeness (QED) is 0.0815. The molecule has 5 aromatic carbocycles. The van der Waals surface area contributed by atoms with Crippen molar-refractivity contribution in [3.05, 3.63) is 138 Å². The molecule has 0 radical (unpaired) electrons. The van der Waals surface area contributed by atoms with Crippen LogP contribution in [0.15, 0.2) is 131 Å². The number of amides is 4. The van der Waals surface area contributed by atoms with Crippen molar-refractivity contribution in [1.29, 1.82) is 0 Å². The molecule has 324 valence electrons. The molecule has 0 aliphatic rings. The van der Waals surface area contributed by atoms with Crippen LogP contribution in [0.3, 0.4) is 0 Å².